The molecule has 2 fully saturated rings. The molecule has 1 amide bonds. The average Bonchev–Trinajstić information content (AvgIpc) is 3.72. The van der Waals surface area contributed by atoms with Crippen LogP contribution in [0.2, 0.25) is 0 Å². The van der Waals surface area contributed by atoms with Crippen molar-refractivity contribution in [3.05, 3.63) is 89.0 Å². The number of amides is 1. The van der Waals surface area contributed by atoms with Gasteiger partial charge in [-0.15, -0.1) is 11.8 Å². The van der Waals surface area contributed by atoms with Crippen LogP contribution < -0.4 is 10.6 Å². The lowest BCUT2D eigenvalue weighted by Gasteiger charge is -2.12. The molecule has 0 spiro atoms. The fraction of sp³-hybridized carbons (Fsp3) is 0.321. The second-order valence-electron chi connectivity index (χ2n) is 8.90. The van der Waals surface area contributed by atoms with E-state index in [4.69, 9.17) is 0 Å². The third-order valence-electron chi connectivity index (χ3n) is 6.20. The van der Waals surface area contributed by atoms with Gasteiger partial charge >= 0.3 is 0 Å². The first kappa shape index (κ1) is 21.1. The molecule has 0 unspecified atom stereocenters. The SMILES string of the molecule is CCSc1ccc(CNC(=O)c2ccc(Nc3cc(C4CC4)cc(C4CC4)c3)cc2)cc1. The molecule has 0 saturated heterocycles. The van der Waals surface area contributed by atoms with Crippen LogP contribution in [0.3, 0.4) is 0 Å². The smallest absolute Gasteiger partial charge is 0.251 e. The maximum atomic E-state index is 12.6. The molecule has 0 atom stereocenters. The molecule has 2 aliphatic rings. The van der Waals surface area contributed by atoms with E-state index in [1.54, 1.807) is 0 Å². The van der Waals surface area contributed by atoms with Crippen LogP contribution >= 0.6 is 11.8 Å². The minimum absolute atomic E-state index is 0.0460. The van der Waals surface area contributed by atoms with Crippen molar-refractivity contribution in [1.82, 2.24) is 5.32 Å². The fourth-order valence-electron chi connectivity index (χ4n) is 4.08. The molecule has 3 nitrogen and oxygen atoms in total. The van der Waals surface area contributed by atoms with Crippen LogP contribution in [-0.2, 0) is 6.54 Å². The van der Waals surface area contributed by atoms with E-state index >= 15 is 0 Å². The third kappa shape index (κ3) is 5.36. The molecular weight excluding hydrogens is 412 g/mol. The van der Waals surface area contributed by atoms with Crippen LogP contribution in [0.5, 0.6) is 0 Å². The largest absolute Gasteiger partial charge is 0.356 e. The summed E-state index contributed by atoms with van der Waals surface area (Å²) in [4.78, 5) is 13.8. The Morgan fingerprint density at radius 1 is 0.844 bits per heavy atom. The standard InChI is InChI=1S/C28H30N2OS/c1-2-32-27-13-3-19(4-14-27)18-29-28(31)22-9-11-25(12-10-22)30-26-16-23(20-5-6-20)15-24(17-26)21-7-8-21/h3-4,9-17,20-21,30H,2,5-8,18H2,1H3,(H,29,31). The van der Waals surface area contributed by atoms with Gasteiger partial charge in [0, 0.05) is 28.4 Å². The van der Waals surface area contributed by atoms with Crippen molar-refractivity contribution in [2.45, 2.75) is 55.9 Å². The van der Waals surface area contributed by atoms with Gasteiger partial charge < -0.3 is 10.6 Å². The van der Waals surface area contributed by atoms with Gasteiger partial charge in [0.1, 0.15) is 0 Å². The Balaban J connectivity index is 1.20. The van der Waals surface area contributed by atoms with Crippen molar-refractivity contribution in [3.63, 3.8) is 0 Å². The topological polar surface area (TPSA) is 41.1 Å². The zero-order valence-electron chi connectivity index (χ0n) is 18.6. The molecule has 0 radical (unpaired) electrons. The summed E-state index contributed by atoms with van der Waals surface area (Å²) in [6.45, 7) is 2.68. The van der Waals surface area contributed by atoms with Crippen LogP contribution in [-0.4, -0.2) is 11.7 Å². The van der Waals surface area contributed by atoms with Gasteiger partial charge in [0.15, 0.2) is 0 Å². The molecule has 32 heavy (non-hydrogen) atoms. The van der Waals surface area contributed by atoms with Crippen LogP contribution in [0.15, 0.2) is 71.6 Å². The first-order chi connectivity index (χ1) is 15.7. The maximum Gasteiger partial charge on any atom is 0.251 e. The maximum absolute atomic E-state index is 12.6. The number of hydrogen-bond donors (Lipinski definition) is 2. The number of thioether (sulfide) groups is 1. The lowest BCUT2D eigenvalue weighted by Crippen LogP contribution is -2.22. The first-order valence-corrected chi connectivity index (χ1v) is 12.7. The van der Waals surface area contributed by atoms with Crippen molar-refractivity contribution >= 4 is 29.0 Å². The Labute approximate surface area is 195 Å². The number of benzene rings is 3. The summed E-state index contributed by atoms with van der Waals surface area (Å²) < 4.78 is 0. The molecule has 0 aliphatic heterocycles. The summed E-state index contributed by atoms with van der Waals surface area (Å²) in [5.74, 6) is 2.52. The van der Waals surface area contributed by atoms with E-state index in [9.17, 15) is 4.79 Å². The summed E-state index contributed by atoms with van der Waals surface area (Å²) in [7, 11) is 0. The van der Waals surface area contributed by atoms with Gasteiger partial charge in [0.05, 0.1) is 0 Å². The Morgan fingerprint density at radius 3 is 2.03 bits per heavy atom. The van der Waals surface area contributed by atoms with Gasteiger partial charge in [-0.05, 0) is 108 Å². The molecule has 2 aliphatic carbocycles. The summed E-state index contributed by atoms with van der Waals surface area (Å²) in [5.41, 5.74) is 6.93. The highest BCUT2D eigenvalue weighted by molar-refractivity contribution is 7.99. The van der Waals surface area contributed by atoms with E-state index in [0.29, 0.717) is 12.1 Å². The van der Waals surface area contributed by atoms with Crippen LogP contribution in [0.25, 0.3) is 0 Å². The highest BCUT2D eigenvalue weighted by Gasteiger charge is 2.28. The fourth-order valence-corrected chi connectivity index (χ4v) is 4.74. The summed E-state index contributed by atoms with van der Waals surface area (Å²) in [6, 6.07) is 23.2. The number of hydrogen-bond acceptors (Lipinski definition) is 3. The van der Waals surface area contributed by atoms with Gasteiger partial charge in [-0.25, -0.2) is 0 Å². The van der Waals surface area contributed by atoms with Crippen LogP contribution in [0.1, 0.15) is 71.5 Å². The molecule has 164 valence electrons. The molecular formula is C28H30N2OS. The molecule has 0 aromatic heterocycles. The van der Waals surface area contributed by atoms with Gasteiger partial charge in [0.25, 0.3) is 5.91 Å². The Hall–Kier alpha value is -2.72. The predicted octanol–water partition coefficient (Wildman–Crippen LogP) is 7.23. The number of carbonyl (C=O) groups is 1. The molecule has 3 aromatic carbocycles. The van der Waals surface area contributed by atoms with Crippen molar-refractivity contribution in [2.24, 2.45) is 0 Å². The van der Waals surface area contributed by atoms with E-state index in [1.807, 2.05) is 36.0 Å². The van der Waals surface area contributed by atoms with Crippen molar-refractivity contribution in [1.29, 1.82) is 0 Å². The van der Waals surface area contributed by atoms with Gasteiger partial charge in [-0.1, -0.05) is 25.1 Å². The quantitative estimate of drug-likeness (QED) is 0.344. The van der Waals surface area contributed by atoms with Gasteiger partial charge in [-0.2, -0.15) is 0 Å². The van der Waals surface area contributed by atoms with Crippen molar-refractivity contribution < 1.29 is 4.79 Å². The van der Waals surface area contributed by atoms with E-state index in [0.717, 1.165) is 34.5 Å². The van der Waals surface area contributed by atoms with Crippen molar-refractivity contribution in [2.75, 3.05) is 11.1 Å². The van der Waals surface area contributed by atoms with Gasteiger partial charge in [0.2, 0.25) is 0 Å². The van der Waals surface area contributed by atoms with E-state index in [2.05, 4.69) is 60.0 Å². The van der Waals surface area contributed by atoms with Crippen LogP contribution in [0, 0.1) is 0 Å². The Kier molecular flexibility index (Phi) is 6.22. The second kappa shape index (κ2) is 9.41. The van der Waals surface area contributed by atoms with E-state index < -0.39 is 0 Å². The molecule has 3 aromatic rings. The highest BCUT2D eigenvalue weighted by atomic mass is 32.2. The number of carbonyl (C=O) groups excluding carboxylic acids is 1. The minimum Gasteiger partial charge on any atom is -0.356 e. The summed E-state index contributed by atoms with van der Waals surface area (Å²) in [6.07, 6.45) is 5.27. The second-order valence-corrected chi connectivity index (χ2v) is 10.2. The highest BCUT2D eigenvalue weighted by Crippen LogP contribution is 2.46. The molecule has 5 rings (SSSR count). The molecule has 4 heteroatoms. The summed E-state index contributed by atoms with van der Waals surface area (Å²) >= 11 is 1.82. The lowest BCUT2D eigenvalue weighted by atomic mass is 10.0. The number of rotatable bonds is 9. The number of anilines is 2. The zero-order chi connectivity index (χ0) is 21.9. The van der Waals surface area contributed by atoms with E-state index in [1.165, 1.54) is 41.7 Å². The lowest BCUT2D eigenvalue weighted by molar-refractivity contribution is 0.0951. The Morgan fingerprint density at radius 2 is 1.47 bits per heavy atom. The average molecular weight is 443 g/mol. The van der Waals surface area contributed by atoms with Crippen molar-refractivity contribution in [3.8, 4) is 0 Å². The Bertz CT molecular complexity index is 1050. The molecule has 2 saturated carbocycles. The zero-order valence-corrected chi connectivity index (χ0v) is 19.4. The predicted molar refractivity (Wildman–Crippen MR) is 134 cm³/mol. The number of nitrogens with one attached hydrogen (secondary N) is 2. The first-order valence-electron chi connectivity index (χ1n) is 11.7. The molecule has 0 bridgehead atoms. The van der Waals surface area contributed by atoms with Crippen LogP contribution in [0.4, 0.5) is 11.4 Å². The summed E-state index contributed by atoms with van der Waals surface area (Å²) in [5, 5.41) is 6.58. The minimum atomic E-state index is -0.0460. The monoisotopic (exact) mass is 442 g/mol. The normalized spacial score (nSPS) is 15.4. The van der Waals surface area contributed by atoms with E-state index in [-0.39, 0.29) is 5.91 Å². The third-order valence-corrected chi connectivity index (χ3v) is 7.09. The molecule has 0 heterocycles. The molecule has 2 N–H and O–H groups in total. The van der Waals surface area contributed by atoms with Gasteiger partial charge in [-0.3, -0.25) is 4.79 Å².